The van der Waals surface area contributed by atoms with Crippen molar-refractivity contribution in [2.75, 3.05) is 6.54 Å². The van der Waals surface area contributed by atoms with E-state index in [9.17, 15) is 9.90 Å². The monoisotopic (exact) mass is 239 g/mol. The number of hydrogen-bond acceptors (Lipinski definition) is 5. The maximum Gasteiger partial charge on any atom is 0.323 e. The van der Waals surface area contributed by atoms with Gasteiger partial charge in [0.25, 0.3) is 0 Å². The molecule has 1 aliphatic rings. The van der Waals surface area contributed by atoms with Gasteiger partial charge in [-0.15, -0.1) is 10.2 Å². The highest BCUT2D eigenvalue weighted by atomic mass is 16.4. The highest BCUT2D eigenvalue weighted by Gasteiger charge is 2.41. The van der Waals surface area contributed by atoms with Gasteiger partial charge in [0.2, 0.25) is 11.8 Å². The second kappa shape index (κ2) is 4.44. The van der Waals surface area contributed by atoms with E-state index < -0.39 is 11.5 Å². The Bertz CT molecular complexity index is 418. The lowest BCUT2D eigenvalue weighted by Gasteiger charge is -2.40. The number of carboxylic acid groups (broad SMARTS) is 1. The van der Waals surface area contributed by atoms with Gasteiger partial charge >= 0.3 is 5.97 Å². The minimum absolute atomic E-state index is 0.406. The molecule has 0 saturated carbocycles. The fraction of sp³-hybridized carbons (Fsp3) is 0.727. The van der Waals surface area contributed by atoms with E-state index in [-0.39, 0.29) is 0 Å². The molecule has 1 atom stereocenters. The molecule has 94 valence electrons. The predicted octanol–water partition coefficient (Wildman–Crippen LogP) is 1.21. The van der Waals surface area contributed by atoms with Gasteiger partial charge in [0, 0.05) is 6.92 Å². The number of aliphatic carboxylic acids is 1. The van der Waals surface area contributed by atoms with Gasteiger partial charge in [-0.2, -0.15) is 0 Å². The Morgan fingerprint density at radius 3 is 2.88 bits per heavy atom. The van der Waals surface area contributed by atoms with Crippen LogP contribution >= 0.6 is 0 Å². The van der Waals surface area contributed by atoms with Crippen LogP contribution in [0.3, 0.4) is 0 Å². The van der Waals surface area contributed by atoms with Crippen molar-refractivity contribution in [1.29, 1.82) is 0 Å². The van der Waals surface area contributed by atoms with Crippen molar-refractivity contribution < 1.29 is 14.3 Å². The summed E-state index contributed by atoms with van der Waals surface area (Å²) in [5, 5.41) is 17.0. The smallest absolute Gasteiger partial charge is 0.323 e. The average molecular weight is 239 g/mol. The Kier molecular flexibility index (Phi) is 3.15. The molecule has 0 aliphatic carbocycles. The third kappa shape index (κ3) is 2.31. The van der Waals surface area contributed by atoms with Crippen molar-refractivity contribution in [3.8, 4) is 0 Å². The van der Waals surface area contributed by atoms with Crippen molar-refractivity contribution in [2.24, 2.45) is 0 Å². The van der Waals surface area contributed by atoms with E-state index in [0.29, 0.717) is 24.7 Å². The molecule has 1 N–H and O–H groups in total. The molecule has 6 nitrogen and oxygen atoms in total. The summed E-state index contributed by atoms with van der Waals surface area (Å²) in [4.78, 5) is 13.3. The van der Waals surface area contributed by atoms with Crippen LogP contribution in [0, 0.1) is 6.92 Å². The zero-order valence-corrected chi connectivity index (χ0v) is 10.1. The van der Waals surface area contributed by atoms with Gasteiger partial charge in [-0.3, -0.25) is 9.69 Å². The molecule has 2 rings (SSSR count). The van der Waals surface area contributed by atoms with Crippen LogP contribution in [0.5, 0.6) is 0 Å². The number of aryl methyl sites for hydroxylation is 1. The normalized spacial score (nSPS) is 26.0. The van der Waals surface area contributed by atoms with Crippen molar-refractivity contribution in [3.05, 3.63) is 11.8 Å². The average Bonchev–Trinajstić information content (AvgIpc) is 2.67. The predicted molar refractivity (Wildman–Crippen MR) is 59.3 cm³/mol. The van der Waals surface area contributed by atoms with Crippen LogP contribution in [0.1, 0.15) is 38.0 Å². The maximum absolute atomic E-state index is 11.4. The molecule has 0 amide bonds. The Labute approximate surface area is 99.6 Å². The second-order valence-corrected chi connectivity index (χ2v) is 4.67. The Hall–Kier alpha value is -1.43. The van der Waals surface area contributed by atoms with Crippen LogP contribution in [0.15, 0.2) is 4.42 Å². The highest BCUT2D eigenvalue weighted by Crippen LogP contribution is 2.29. The summed E-state index contributed by atoms with van der Waals surface area (Å²) in [5.74, 6) is 0.208. The molecule has 0 bridgehead atoms. The lowest BCUT2D eigenvalue weighted by atomic mass is 9.88. The number of nitrogens with zero attached hydrogens (tertiary/aromatic N) is 3. The van der Waals surface area contributed by atoms with Crippen LogP contribution in [0.25, 0.3) is 0 Å². The van der Waals surface area contributed by atoms with E-state index >= 15 is 0 Å². The van der Waals surface area contributed by atoms with E-state index in [1.807, 2.05) is 4.90 Å². The quantitative estimate of drug-likeness (QED) is 0.854. The van der Waals surface area contributed by atoms with Crippen LogP contribution in [0.4, 0.5) is 0 Å². The number of carbonyl (C=O) groups is 1. The molecule has 0 aromatic carbocycles. The summed E-state index contributed by atoms with van der Waals surface area (Å²) >= 11 is 0. The van der Waals surface area contributed by atoms with E-state index in [0.717, 1.165) is 19.4 Å². The van der Waals surface area contributed by atoms with Crippen molar-refractivity contribution >= 4 is 5.97 Å². The molecular formula is C11H17N3O3. The molecular weight excluding hydrogens is 222 g/mol. The summed E-state index contributed by atoms with van der Waals surface area (Å²) in [6.07, 6.45) is 2.62. The summed E-state index contributed by atoms with van der Waals surface area (Å²) in [5.41, 5.74) is -0.819. The van der Waals surface area contributed by atoms with E-state index in [2.05, 4.69) is 10.2 Å². The van der Waals surface area contributed by atoms with Gasteiger partial charge in [-0.25, -0.2) is 0 Å². The Morgan fingerprint density at radius 2 is 2.29 bits per heavy atom. The number of likely N-dealkylation sites (tertiary alicyclic amines) is 1. The molecule has 1 aliphatic heterocycles. The summed E-state index contributed by atoms with van der Waals surface area (Å²) < 4.78 is 5.30. The number of carboxylic acids is 1. The highest BCUT2D eigenvalue weighted by molar-refractivity contribution is 5.78. The van der Waals surface area contributed by atoms with Crippen LogP contribution < -0.4 is 0 Å². The number of rotatable bonds is 3. The summed E-state index contributed by atoms with van der Waals surface area (Å²) in [6, 6.07) is 0. The molecule has 6 heteroatoms. The lowest BCUT2D eigenvalue weighted by Crippen LogP contribution is -2.54. The van der Waals surface area contributed by atoms with Crippen molar-refractivity contribution in [1.82, 2.24) is 15.1 Å². The zero-order chi connectivity index (χ0) is 12.5. The van der Waals surface area contributed by atoms with Gasteiger partial charge in [-0.1, -0.05) is 0 Å². The van der Waals surface area contributed by atoms with Gasteiger partial charge in [0.05, 0.1) is 6.54 Å². The number of hydrogen-bond donors (Lipinski definition) is 1. The fourth-order valence-electron chi connectivity index (χ4n) is 2.24. The molecule has 17 heavy (non-hydrogen) atoms. The molecule has 1 aromatic rings. The molecule has 0 radical (unpaired) electrons. The summed E-state index contributed by atoms with van der Waals surface area (Å²) in [6.45, 7) is 4.65. The molecule has 2 heterocycles. The van der Waals surface area contributed by atoms with Gasteiger partial charge in [0.15, 0.2) is 0 Å². The van der Waals surface area contributed by atoms with E-state index in [4.69, 9.17) is 4.42 Å². The fourth-order valence-corrected chi connectivity index (χ4v) is 2.24. The lowest BCUT2D eigenvalue weighted by molar-refractivity contribution is -0.153. The van der Waals surface area contributed by atoms with Crippen LogP contribution in [-0.2, 0) is 11.3 Å². The first-order valence-electron chi connectivity index (χ1n) is 5.80. The first-order chi connectivity index (χ1) is 8.02. The van der Waals surface area contributed by atoms with Crippen molar-refractivity contribution in [3.63, 3.8) is 0 Å². The second-order valence-electron chi connectivity index (χ2n) is 4.67. The van der Waals surface area contributed by atoms with Crippen molar-refractivity contribution in [2.45, 2.75) is 45.2 Å². The summed E-state index contributed by atoms with van der Waals surface area (Å²) in [7, 11) is 0. The molecule has 1 fully saturated rings. The standard InChI is InChI=1S/C11H17N3O3/c1-8-12-13-9(17-8)7-14-6-4-3-5-11(14,2)10(15)16/h3-7H2,1-2H3,(H,15,16). The topological polar surface area (TPSA) is 79.5 Å². The maximum atomic E-state index is 11.4. The Morgan fingerprint density at radius 1 is 1.53 bits per heavy atom. The minimum Gasteiger partial charge on any atom is -0.480 e. The molecule has 1 aromatic heterocycles. The van der Waals surface area contributed by atoms with E-state index in [1.165, 1.54) is 0 Å². The third-order valence-electron chi connectivity index (χ3n) is 3.39. The van der Waals surface area contributed by atoms with E-state index in [1.54, 1.807) is 13.8 Å². The van der Waals surface area contributed by atoms with Gasteiger partial charge in [0.1, 0.15) is 5.54 Å². The van der Waals surface area contributed by atoms with Crippen LogP contribution in [0.2, 0.25) is 0 Å². The minimum atomic E-state index is -0.819. The largest absolute Gasteiger partial charge is 0.480 e. The zero-order valence-electron chi connectivity index (χ0n) is 10.1. The molecule has 0 spiro atoms. The van der Waals surface area contributed by atoms with Gasteiger partial charge < -0.3 is 9.52 Å². The Balaban J connectivity index is 2.14. The number of aromatic nitrogens is 2. The number of piperidine rings is 1. The first-order valence-corrected chi connectivity index (χ1v) is 5.80. The van der Waals surface area contributed by atoms with Crippen LogP contribution in [-0.4, -0.2) is 38.3 Å². The molecule has 1 saturated heterocycles. The SMILES string of the molecule is Cc1nnc(CN2CCCCC2(C)C(=O)O)o1. The third-order valence-corrected chi connectivity index (χ3v) is 3.39. The first kappa shape index (κ1) is 12.0. The molecule has 1 unspecified atom stereocenters. The van der Waals surface area contributed by atoms with Gasteiger partial charge in [-0.05, 0) is 32.7 Å².